The normalized spacial score (nSPS) is 16.5. The van der Waals surface area contributed by atoms with Gasteiger partial charge in [-0.2, -0.15) is 10.4 Å². The largest absolute Gasteiger partial charge is 0.371 e. The summed E-state index contributed by atoms with van der Waals surface area (Å²) < 4.78 is 5.78. The first-order chi connectivity index (χ1) is 12.3. The van der Waals surface area contributed by atoms with Crippen molar-refractivity contribution in [2.24, 2.45) is 0 Å². The van der Waals surface area contributed by atoms with E-state index >= 15 is 0 Å². The van der Waals surface area contributed by atoms with Gasteiger partial charge in [0.05, 0.1) is 35.7 Å². The number of hydrogen-bond donors (Lipinski definition) is 2. The number of morpholine rings is 1. The molecule has 1 fully saturated rings. The van der Waals surface area contributed by atoms with E-state index in [9.17, 15) is 0 Å². The number of aromatic nitrogens is 2. The molecule has 3 aromatic rings. The summed E-state index contributed by atoms with van der Waals surface area (Å²) in [7, 11) is 0. The van der Waals surface area contributed by atoms with Crippen LogP contribution in [-0.4, -0.2) is 29.9 Å². The van der Waals surface area contributed by atoms with Gasteiger partial charge in [0.25, 0.3) is 0 Å². The Balaban J connectivity index is 0.00000196. The number of hydrogen-bond acceptors (Lipinski definition) is 4. The van der Waals surface area contributed by atoms with Crippen molar-refractivity contribution >= 4 is 12.4 Å². The van der Waals surface area contributed by atoms with E-state index in [-0.39, 0.29) is 18.5 Å². The third-order valence-corrected chi connectivity index (χ3v) is 4.39. The lowest BCUT2D eigenvalue weighted by molar-refractivity contribution is 0.0277. The van der Waals surface area contributed by atoms with Gasteiger partial charge in [0.1, 0.15) is 0 Å². The van der Waals surface area contributed by atoms with Crippen LogP contribution in [0.4, 0.5) is 0 Å². The molecular formula is C20H19ClN4O. The minimum absolute atomic E-state index is 0. The third-order valence-electron chi connectivity index (χ3n) is 4.39. The minimum atomic E-state index is 0. The molecule has 4 rings (SSSR count). The molecule has 0 spiro atoms. The number of rotatable bonds is 3. The van der Waals surface area contributed by atoms with Gasteiger partial charge >= 0.3 is 0 Å². The Labute approximate surface area is 158 Å². The average Bonchev–Trinajstić information content (AvgIpc) is 3.19. The summed E-state index contributed by atoms with van der Waals surface area (Å²) in [6, 6.07) is 20.0. The second kappa shape index (κ2) is 8.15. The SMILES string of the molecule is Cl.N#Cc1cccc(-c2cc(-c3ccc(C4CNCCO4)cc3)[nH]n2)c1. The van der Waals surface area contributed by atoms with Gasteiger partial charge in [-0.25, -0.2) is 0 Å². The summed E-state index contributed by atoms with van der Waals surface area (Å²) >= 11 is 0. The van der Waals surface area contributed by atoms with Crippen molar-refractivity contribution in [3.05, 3.63) is 65.7 Å². The van der Waals surface area contributed by atoms with Crippen molar-refractivity contribution in [1.29, 1.82) is 5.26 Å². The molecule has 0 saturated carbocycles. The first kappa shape index (κ1) is 18.2. The minimum Gasteiger partial charge on any atom is -0.371 e. The molecule has 0 bridgehead atoms. The van der Waals surface area contributed by atoms with Crippen LogP contribution in [0.25, 0.3) is 22.5 Å². The van der Waals surface area contributed by atoms with Crippen LogP contribution in [0.1, 0.15) is 17.2 Å². The van der Waals surface area contributed by atoms with Gasteiger partial charge in [-0.1, -0.05) is 36.4 Å². The molecule has 2 heterocycles. The van der Waals surface area contributed by atoms with Gasteiger partial charge in [0.15, 0.2) is 0 Å². The lowest BCUT2D eigenvalue weighted by Crippen LogP contribution is -2.33. The summed E-state index contributed by atoms with van der Waals surface area (Å²) in [6.45, 7) is 2.51. The van der Waals surface area contributed by atoms with Crippen LogP contribution in [0.3, 0.4) is 0 Å². The molecule has 26 heavy (non-hydrogen) atoms. The van der Waals surface area contributed by atoms with Crippen molar-refractivity contribution in [1.82, 2.24) is 15.5 Å². The van der Waals surface area contributed by atoms with Crippen LogP contribution in [-0.2, 0) is 4.74 Å². The van der Waals surface area contributed by atoms with E-state index in [1.165, 1.54) is 5.56 Å². The van der Waals surface area contributed by atoms with E-state index in [0.717, 1.165) is 42.2 Å². The smallest absolute Gasteiger partial charge is 0.0991 e. The molecule has 0 radical (unpaired) electrons. The van der Waals surface area contributed by atoms with Gasteiger partial charge in [0.2, 0.25) is 0 Å². The highest BCUT2D eigenvalue weighted by Crippen LogP contribution is 2.26. The lowest BCUT2D eigenvalue weighted by atomic mass is 10.0. The summed E-state index contributed by atoms with van der Waals surface area (Å²) in [4.78, 5) is 0. The molecule has 1 aromatic heterocycles. The van der Waals surface area contributed by atoms with Crippen LogP contribution in [0.2, 0.25) is 0 Å². The molecule has 0 aliphatic carbocycles. The number of nitriles is 1. The van der Waals surface area contributed by atoms with Crippen molar-refractivity contribution in [3.63, 3.8) is 0 Å². The number of nitrogens with one attached hydrogen (secondary N) is 2. The van der Waals surface area contributed by atoms with Crippen LogP contribution < -0.4 is 5.32 Å². The van der Waals surface area contributed by atoms with Crippen molar-refractivity contribution in [3.8, 4) is 28.6 Å². The second-order valence-corrected chi connectivity index (χ2v) is 6.05. The molecule has 6 heteroatoms. The molecule has 1 atom stereocenters. The topological polar surface area (TPSA) is 73.7 Å². The maximum Gasteiger partial charge on any atom is 0.0991 e. The first-order valence-corrected chi connectivity index (χ1v) is 8.32. The van der Waals surface area contributed by atoms with Crippen LogP contribution >= 0.6 is 12.4 Å². The summed E-state index contributed by atoms with van der Waals surface area (Å²) in [5.74, 6) is 0. The standard InChI is InChI=1S/C20H18N4O.ClH/c21-12-14-2-1-3-17(10-14)19-11-18(23-24-19)15-4-6-16(7-5-15)20-13-22-8-9-25-20;/h1-7,10-11,20,22H,8-9,13H2,(H,23,24);1H. The number of ether oxygens (including phenoxy) is 1. The fourth-order valence-corrected chi connectivity index (χ4v) is 3.02. The highest BCUT2D eigenvalue weighted by molar-refractivity contribution is 5.85. The molecule has 132 valence electrons. The molecule has 1 aliphatic rings. The number of nitrogens with zero attached hydrogens (tertiary/aromatic N) is 2. The number of aromatic amines is 1. The number of H-pyrrole nitrogens is 1. The third kappa shape index (κ3) is 3.78. The van der Waals surface area contributed by atoms with Crippen molar-refractivity contribution < 1.29 is 4.74 Å². The Morgan fingerprint density at radius 1 is 1.08 bits per heavy atom. The van der Waals surface area contributed by atoms with E-state index in [1.54, 1.807) is 6.07 Å². The van der Waals surface area contributed by atoms with E-state index in [0.29, 0.717) is 5.56 Å². The van der Waals surface area contributed by atoms with E-state index in [4.69, 9.17) is 10.00 Å². The zero-order chi connectivity index (χ0) is 17.1. The molecule has 2 aromatic carbocycles. The quantitative estimate of drug-likeness (QED) is 0.741. The predicted molar refractivity (Wildman–Crippen MR) is 103 cm³/mol. The van der Waals surface area contributed by atoms with E-state index in [1.807, 2.05) is 24.3 Å². The fraction of sp³-hybridized carbons (Fsp3) is 0.200. The van der Waals surface area contributed by atoms with Crippen molar-refractivity contribution in [2.75, 3.05) is 19.7 Å². The second-order valence-electron chi connectivity index (χ2n) is 6.05. The lowest BCUT2D eigenvalue weighted by Gasteiger charge is -2.24. The zero-order valence-corrected chi connectivity index (χ0v) is 14.9. The van der Waals surface area contributed by atoms with Gasteiger partial charge in [-0.15, -0.1) is 12.4 Å². The zero-order valence-electron chi connectivity index (χ0n) is 14.1. The van der Waals surface area contributed by atoms with Gasteiger partial charge in [0, 0.05) is 18.7 Å². The highest BCUT2D eigenvalue weighted by Gasteiger charge is 2.15. The molecule has 5 nitrogen and oxygen atoms in total. The highest BCUT2D eigenvalue weighted by atomic mass is 35.5. The monoisotopic (exact) mass is 366 g/mol. The van der Waals surface area contributed by atoms with Gasteiger partial charge in [-0.3, -0.25) is 5.10 Å². The number of benzene rings is 2. The Kier molecular flexibility index (Phi) is 5.69. The molecule has 1 aliphatic heterocycles. The van der Waals surface area contributed by atoms with E-state index in [2.05, 4.69) is 45.8 Å². The summed E-state index contributed by atoms with van der Waals surface area (Å²) in [5.41, 5.74) is 5.59. The Morgan fingerprint density at radius 3 is 2.65 bits per heavy atom. The van der Waals surface area contributed by atoms with Crippen LogP contribution in [0, 0.1) is 11.3 Å². The Bertz CT molecular complexity index is 908. The van der Waals surface area contributed by atoms with Gasteiger partial charge < -0.3 is 10.1 Å². The number of halogens is 1. The maximum atomic E-state index is 9.03. The van der Waals surface area contributed by atoms with Crippen molar-refractivity contribution in [2.45, 2.75) is 6.10 Å². The van der Waals surface area contributed by atoms with Crippen LogP contribution in [0.15, 0.2) is 54.6 Å². The van der Waals surface area contributed by atoms with Crippen LogP contribution in [0.5, 0.6) is 0 Å². The van der Waals surface area contributed by atoms with E-state index < -0.39 is 0 Å². The maximum absolute atomic E-state index is 9.03. The molecule has 2 N–H and O–H groups in total. The van der Waals surface area contributed by atoms with Gasteiger partial charge in [-0.05, 0) is 29.3 Å². The molecular weight excluding hydrogens is 348 g/mol. The molecule has 0 amide bonds. The Hall–Kier alpha value is -2.65. The Morgan fingerprint density at radius 2 is 1.92 bits per heavy atom. The summed E-state index contributed by atoms with van der Waals surface area (Å²) in [5, 5.41) is 19.8. The summed E-state index contributed by atoms with van der Waals surface area (Å²) in [6.07, 6.45) is 0.119. The predicted octanol–water partition coefficient (Wildman–Crippen LogP) is 3.70. The molecule has 1 unspecified atom stereocenters. The molecule has 1 saturated heterocycles. The fourth-order valence-electron chi connectivity index (χ4n) is 3.02. The first-order valence-electron chi connectivity index (χ1n) is 8.32. The average molecular weight is 367 g/mol.